The van der Waals surface area contributed by atoms with Crippen LogP contribution < -0.4 is 0 Å². The number of carbonyl (C=O) groups excluding carboxylic acids is 2. The fourth-order valence-corrected chi connectivity index (χ4v) is 5.80. The van der Waals surface area contributed by atoms with Gasteiger partial charge in [0.15, 0.2) is 0 Å². The summed E-state index contributed by atoms with van der Waals surface area (Å²) >= 11 is 1.77. The van der Waals surface area contributed by atoms with Gasteiger partial charge < -0.3 is 9.80 Å². The van der Waals surface area contributed by atoms with Gasteiger partial charge in [-0.15, -0.1) is 11.8 Å². The average molecular weight is 344 g/mol. The molecule has 2 atom stereocenters. The number of hydrogen-bond donors (Lipinski definition) is 0. The van der Waals surface area contributed by atoms with Gasteiger partial charge in [0, 0.05) is 25.3 Å². The number of fused-ring (bicyclic) bond motifs is 1. The van der Waals surface area contributed by atoms with Gasteiger partial charge in [-0.3, -0.25) is 9.59 Å². The summed E-state index contributed by atoms with van der Waals surface area (Å²) in [5.41, 5.74) is 1.38. The first-order chi connectivity index (χ1) is 11.6. The summed E-state index contributed by atoms with van der Waals surface area (Å²) < 4.78 is 0. The van der Waals surface area contributed by atoms with Gasteiger partial charge >= 0.3 is 0 Å². The van der Waals surface area contributed by atoms with E-state index in [4.69, 9.17) is 0 Å². The van der Waals surface area contributed by atoms with Gasteiger partial charge in [-0.05, 0) is 37.7 Å². The molecule has 128 valence electrons. The zero-order valence-electron chi connectivity index (χ0n) is 14.1. The molecule has 4 rings (SSSR count). The molecule has 1 aromatic carbocycles. The number of rotatable bonds is 2. The lowest BCUT2D eigenvalue weighted by Crippen LogP contribution is -2.52. The van der Waals surface area contributed by atoms with Crippen molar-refractivity contribution in [3.63, 3.8) is 0 Å². The van der Waals surface area contributed by atoms with Gasteiger partial charge in [0.05, 0.1) is 4.87 Å². The van der Waals surface area contributed by atoms with Crippen molar-refractivity contribution >= 4 is 23.6 Å². The summed E-state index contributed by atoms with van der Waals surface area (Å²) in [6, 6.07) is 10.3. The Bertz CT molecular complexity index is 642. The molecule has 3 aliphatic rings. The minimum Gasteiger partial charge on any atom is -0.341 e. The first kappa shape index (κ1) is 16.0. The maximum Gasteiger partial charge on any atom is 0.246 e. The second-order valence-electron chi connectivity index (χ2n) is 7.28. The molecule has 3 aliphatic heterocycles. The quantitative estimate of drug-likeness (QED) is 0.828. The third kappa shape index (κ3) is 2.63. The number of piperidine rings is 1. The molecule has 2 amide bonds. The monoisotopic (exact) mass is 344 g/mol. The van der Waals surface area contributed by atoms with E-state index in [1.165, 1.54) is 5.56 Å². The number of likely N-dealkylation sites (tertiary alicyclic amines) is 1. The van der Waals surface area contributed by atoms with Gasteiger partial charge in [0.25, 0.3) is 0 Å². The third-order valence-electron chi connectivity index (χ3n) is 5.81. The highest BCUT2D eigenvalue weighted by Crippen LogP contribution is 2.47. The first-order valence-electron chi connectivity index (χ1n) is 8.88. The Morgan fingerprint density at radius 1 is 1.21 bits per heavy atom. The summed E-state index contributed by atoms with van der Waals surface area (Å²) in [4.78, 5) is 28.9. The highest BCUT2D eigenvalue weighted by molar-refractivity contribution is 8.01. The van der Waals surface area contributed by atoms with Crippen molar-refractivity contribution in [1.82, 2.24) is 9.80 Å². The molecule has 0 radical (unpaired) electrons. The zero-order valence-corrected chi connectivity index (χ0v) is 14.9. The molecule has 4 nitrogen and oxygen atoms in total. The molecule has 0 bridgehead atoms. The number of nitrogens with zero attached hydrogens (tertiary/aromatic N) is 2. The SMILES string of the molecule is CC12CCC(=O)N1C(C(=O)N1CCC(c3ccccc3)CC1)CS2. The zero-order chi connectivity index (χ0) is 16.7. The van der Waals surface area contributed by atoms with Gasteiger partial charge in [-0.1, -0.05) is 30.3 Å². The van der Waals surface area contributed by atoms with Crippen molar-refractivity contribution in [2.75, 3.05) is 18.8 Å². The summed E-state index contributed by atoms with van der Waals surface area (Å²) in [6.45, 7) is 3.72. The van der Waals surface area contributed by atoms with Gasteiger partial charge in [-0.2, -0.15) is 0 Å². The topological polar surface area (TPSA) is 40.6 Å². The third-order valence-corrected chi connectivity index (χ3v) is 7.31. The summed E-state index contributed by atoms with van der Waals surface area (Å²) in [6.07, 6.45) is 3.49. The maximum atomic E-state index is 13.0. The van der Waals surface area contributed by atoms with Crippen molar-refractivity contribution in [1.29, 1.82) is 0 Å². The van der Waals surface area contributed by atoms with Gasteiger partial charge in [0.1, 0.15) is 6.04 Å². The minimum atomic E-state index is -0.247. The van der Waals surface area contributed by atoms with Crippen molar-refractivity contribution in [3.8, 4) is 0 Å². The predicted molar refractivity (Wildman–Crippen MR) is 95.7 cm³/mol. The van der Waals surface area contributed by atoms with E-state index in [1.54, 1.807) is 11.8 Å². The Kier molecular flexibility index (Phi) is 4.07. The molecule has 2 unspecified atom stereocenters. The summed E-state index contributed by atoms with van der Waals surface area (Å²) in [5, 5.41) is 0. The van der Waals surface area contributed by atoms with E-state index < -0.39 is 0 Å². The van der Waals surface area contributed by atoms with Crippen LogP contribution in [0, 0.1) is 0 Å². The fourth-order valence-electron chi connectivity index (χ4n) is 4.37. The molecule has 3 heterocycles. The predicted octanol–water partition coefficient (Wildman–Crippen LogP) is 2.85. The Hall–Kier alpha value is -1.49. The van der Waals surface area contributed by atoms with Crippen LogP contribution in [0.3, 0.4) is 0 Å². The molecule has 0 N–H and O–H groups in total. The van der Waals surface area contributed by atoms with Crippen molar-refractivity contribution < 1.29 is 9.59 Å². The number of benzene rings is 1. The maximum absolute atomic E-state index is 13.0. The van der Waals surface area contributed by atoms with E-state index in [-0.39, 0.29) is 22.7 Å². The fraction of sp³-hybridized carbons (Fsp3) is 0.579. The highest BCUT2D eigenvalue weighted by atomic mass is 32.2. The summed E-state index contributed by atoms with van der Waals surface area (Å²) in [5.74, 6) is 1.61. The molecule has 0 saturated carbocycles. The molecular formula is C19H24N2O2S. The van der Waals surface area contributed by atoms with Crippen molar-refractivity contribution in [2.45, 2.75) is 49.4 Å². The molecule has 0 spiro atoms. The Labute approximate surface area is 147 Å². The van der Waals surface area contributed by atoms with Gasteiger partial charge in [-0.25, -0.2) is 0 Å². The second kappa shape index (κ2) is 6.10. The normalized spacial score (nSPS) is 30.7. The van der Waals surface area contributed by atoms with E-state index >= 15 is 0 Å². The van der Waals surface area contributed by atoms with Crippen LogP contribution in [0.15, 0.2) is 30.3 Å². The molecule has 3 fully saturated rings. The lowest BCUT2D eigenvalue weighted by atomic mass is 9.89. The van der Waals surface area contributed by atoms with Crippen LogP contribution in [0.5, 0.6) is 0 Å². The smallest absolute Gasteiger partial charge is 0.246 e. The van der Waals surface area contributed by atoms with Crippen LogP contribution in [0.1, 0.15) is 44.1 Å². The van der Waals surface area contributed by atoms with Crippen LogP contribution in [0.2, 0.25) is 0 Å². The van der Waals surface area contributed by atoms with Crippen LogP contribution in [0.4, 0.5) is 0 Å². The number of carbonyl (C=O) groups is 2. The van der Waals surface area contributed by atoms with E-state index in [0.29, 0.717) is 12.3 Å². The molecule has 1 aromatic rings. The Morgan fingerprint density at radius 3 is 2.62 bits per heavy atom. The number of hydrogen-bond acceptors (Lipinski definition) is 3. The van der Waals surface area contributed by atoms with Crippen LogP contribution in [0.25, 0.3) is 0 Å². The molecule has 24 heavy (non-hydrogen) atoms. The average Bonchev–Trinajstić information content (AvgIpc) is 3.11. The van der Waals surface area contributed by atoms with Crippen molar-refractivity contribution in [3.05, 3.63) is 35.9 Å². The van der Waals surface area contributed by atoms with Crippen LogP contribution >= 0.6 is 11.8 Å². The second-order valence-corrected chi connectivity index (χ2v) is 8.78. The lowest BCUT2D eigenvalue weighted by Gasteiger charge is -2.36. The first-order valence-corrected chi connectivity index (χ1v) is 9.87. The largest absolute Gasteiger partial charge is 0.341 e. The van der Waals surface area contributed by atoms with E-state index in [1.807, 2.05) is 15.9 Å². The minimum absolute atomic E-state index is 0.153. The van der Waals surface area contributed by atoms with E-state index in [2.05, 4.69) is 31.2 Å². The van der Waals surface area contributed by atoms with E-state index in [0.717, 1.165) is 38.1 Å². The molecular weight excluding hydrogens is 320 g/mol. The highest BCUT2D eigenvalue weighted by Gasteiger charge is 2.53. The van der Waals surface area contributed by atoms with E-state index in [9.17, 15) is 9.59 Å². The molecule has 5 heteroatoms. The van der Waals surface area contributed by atoms with Crippen LogP contribution in [-0.4, -0.2) is 51.4 Å². The molecule has 0 aromatic heterocycles. The standard InChI is InChI=1S/C19H24N2O2S/c1-19-10-7-17(22)21(19)16(13-24-19)18(23)20-11-8-15(9-12-20)14-5-3-2-4-6-14/h2-6,15-16H,7-13H2,1H3. The van der Waals surface area contributed by atoms with Gasteiger partial charge in [0.2, 0.25) is 11.8 Å². The molecule has 0 aliphatic carbocycles. The number of amides is 2. The Morgan fingerprint density at radius 2 is 1.92 bits per heavy atom. The Balaban J connectivity index is 1.41. The van der Waals surface area contributed by atoms with Crippen molar-refractivity contribution in [2.24, 2.45) is 0 Å². The number of thioether (sulfide) groups is 1. The summed E-state index contributed by atoms with van der Waals surface area (Å²) in [7, 11) is 0. The molecule has 3 saturated heterocycles. The lowest BCUT2D eigenvalue weighted by molar-refractivity contribution is -0.144. The van der Waals surface area contributed by atoms with Crippen LogP contribution in [-0.2, 0) is 9.59 Å².